The molecule has 112 valence electrons. The van der Waals surface area contributed by atoms with Crippen LogP contribution in [-0.2, 0) is 17.6 Å². The van der Waals surface area contributed by atoms with Gasteiger partial charge >= 0.3 is 0 Å². The van der Waals surface area contributed by atoms with Crippen molar-refractivity contribution in [1.82, 2.24) is 9.88 Å². The first-order chi connectivity index (χ1) is 10.3. The van der Waals surface area contributed by atoms with E-state index in [1.54, 1.807) is 0 Å². The lowest BCUT2D eigenvalue weighted by molar-refractivity contribution is -0.117. The molecule has 0 radical (unpaired) electrons. The Balaban J connectivity index is 1.68. The Hall–Kier alpha value is -1.80. The molecule has 3 rings (SSSR count). The fourth-order valence-corrected chi connectivity index (χ4v) is 3.40. The van der Waals surface area contributed by atoms with Crippen molar-refractivity contribution in [3.05, 3.63) is 16.8 Å². The molecule has 0 spiro atoms. The number of carbonyl (C=O) groups is 1. The number of nitrogens with one attached hydrogen (secondary N) is 2. The van der Waals surface area contributed by atoms with E-state index in [9.17, 15) is 10.1 Å². The van der Waals surface area contributed by atoms with E-state index in [2.05, 4.69) is 21.3 Å². The van der Waals surface area contributed by atoms with Gasteiger partial charge in [0.05, 0.1) is 12.1 Å². The molecule has 1 fully saturated rings. The summed E-state index contributed by atoms with van der Waals surface area (Å²) in [4.78, 5) is 17.6. The predicted octanol–water partition coefficient (Wildman–Crippen LogP) is 2.19. The minimum Gasteiger partial charge on any atom is -0.344 e. The number of rotatable bonds is 3. The average molecular weight is 286 g/mol. The number of aromatic nitrogens is 1. The molecular weight excluding hydrogens is 264 g/mol. The molecule has 2 N–H and O–H groups in total. The minimum atomic E-state index is -0.0213. The summed E-state index contributed by atoms with van der Waals surface area (Å²) in [6, 6.07) is 2.25. The quantitative estimate of drug-likeness (QED) is 0.894. The van der Waals surface area contributed by atoms with Gasteiger partial charge in [-0.2, -0.15) is 5.26 Å². The molecule has 0 atom stereocenters. The Labute approximate surface area is 125 Å². The van der Waals surface area contributed by atoms with E-state index >= 15 is 0 Å². The number of carbonyl (C=O) groups excluding carboxylic acids is 1. The second kappa shape index (κ2) is 6.31. The number of H-pyrrole nitrogens is 1. The highest BCUT2D eigenvalue weighted by atomic mass is 16.2. The topological polar surface area (TPSA) is 71.9 Å². The largest absolute Gasteiger partial charge is 0.344 e. The van der Waals surface area contributed by atoms with Crippen LogP contribution in [0.5, 0.6) is 0 Å². The summed E-state index contributed by atoms with van der Waals surface area (Å²) in [7, 11) is 0. The molecule has 1 aliphatic heterocycles. The third-order valence-corrected chi connectivity index (χ3v) is 4.49. The molecule has 5 heteroatoms. The third kappa shape index (κ3) is 3.11. The van der Waals surface area contributed by atoms with Crippen LogP contribution in [0.3, 0.4) is 0 Å². The molecule has 2 aliphatic rings. The first-order valence-corrected chi connectivity index (χ1v) is 7.94. The lowest BCUT2D eigenvalue weighted by atomic mass is 9.95. The number of hydrogen-bond donors (Lipinski definition) is 2. The number of aromatic amines is 1. The number of anilines is 1. The molecule has 0 saturated carbocycles. The molecule has 0 bridgehead atoms. The second-order valence-corrected chi connectivity index (χ2v) is 6.04. The maximum absolute atomic E-state index is 12.2. The first kappa shape index (κ1) is 14.2. The van der Waals surface area contributed by atoms with E-state index in [0.29, 0.717) is 17.9 Å². The van der Waals surface area contributed by atoms with Gasteiger partial charge in [-0.3, -0.25) is 9.69 Å². The monoisotopic (exact) mass is 286 g/mol. The summed E-state index contributed by atoms with van der Waals surface area (Å²) in [6.45, 7) is 2.42. The van der Waals surface area contributed by atoms with Gasteiger partial charge in [0, 0.05) is 5.69 Å². The van der Waals surface area contributed by atoms with Crippen molar-refractivity contribution in [3.8, 4) is 6.07 Å². The smallest absolute Gasteiger partial charge is 0.239 e. The molecule has 0 aromatic carbocycles. The summed E-state index contributed by atoms with van der Waals surface area (Å²) in [5.41, 5.74) is 2.87. The van der Waals surface area contributed by atoms with Gasteiger partial charge in [0.2, 0.25) is 5.91 Å². The number of nitriles is 1. The molecule has 1 aromatic rings. The number of nitrogens with zero attached hydrogens (tertiary/aromatic N) is 2. The van der Waals surface area contributed by atoms with Crippen LogP contribution in [0.25, 0.3) is 0 Å². The molecule has 2 heterocycles. The summed E-state index contributed by atoms with van der Waals surface area (Å²) in [5, 5.41) is 12.3. The minimum absolute atomic E-state index is 0.0213. The average Bonchev–Trinajstić information content (AvgIpc) is 2.85. The molecule has 21 heavy (non-hydrogen) atoms. The maximum Gasteiger partial charge on any atom is 0.239 e. The molecule has 0 unspecified atom stereocenters. The number of piperidine rings is 1. The highest BCUT2D eigenvalue weighted by Gasteiger charge is 2.22. The van der Waals surface area contributed by atoms with E-state index < -0.39 is 0 Å². The zero-order valence-electron chi connectivity index (χ0n) is 12.4. The zero-order chi connectivity index (χ0) is 14.7. The maximum atomic E-state index is 12.2. The Morgan fingerprint density at radius 1 is 1.19 bits per heavy atom. The molecule has 1 aromatic heterocycles. The number of fused-ring (bicyclic) bond motifs is 1. The predicted molar refractivity (Wildman–Crippen MR) is 81.1 cm³/mol. The van der Waals surface area contributed by atoms with Crippen LogP contribution in [0.4, 0.5) is 5.82 Å². The van der Waals surface area contributed by atoms with Gasteiger partial charge in [0.1, 0.15) is 11.9 Å². The lowest BCUT2D eigenvalue weighted by Gasteiger charge is -2.25. The van der Waals surface area contributed by atoms with Crippen molar-refractivity contribution < 1.29 is 4.79 Å². The third-order valence-electron chi connectivity index (χ3n) is 4.49. The van der Waals surface area contributed by atoms with Crippen LogP contribution >= 0.6 is 0 Å². The standard InChI is InChI=1S/C16H22N4O/c17-10-13-12-6-2-3-7-14(12)18-16(13)19-15(21)11-20-8-4-1-5-9-20/h18H,1-9,11H2,(H,19,21). The van der Waals surface area contributed by atoms with Gasteiger partial charge in [-0.1, -0.05) is 6.42 Å². The molecule has 1 aliphatic carbocycles. The Morgan fingerprint density at radius 2 is 1.95 bits per heavy atom. The second-order valence-electron chi connectivity index (χ2n) is 6.04. The fourth-order valence-electron chi connectivity index (χ4n) is 3.40. The number of likely N-dealkylation sites (tertiary alicyclic amines) is 1. The van der Waals surface area contributed by atoms with Gasteiger partial charge in [-0.05, 0) is 57.2 Å². The zero-order valence-corrected chi connectivity index (χ0v) is 12.4. The highest BCUT2D eigenvalue weighted by Crippen LogP contribution is 2.29. The highest BCUT2D eigenvalue weighted by molar-refractivity contribution is 5.93. The van der Waals surface area contributed by atoms with Crippen LogP contribution < -0.4 is 5.32 Å². The summed E-state index contributed by atoms with van der Waals surface area (Å²) in [5.74, 6) is 0.582. The molecule has 1 saturated heterocycles. The van der Waals surface area contributed by atoms with Crippen molar-refractivity contribution in [2.75, 3.05) is 25.0 Å². The van der Waals surface area contributed by atoms with E-state index in [0.717, 1.165) is 50.0 Å². The van der Waals surface area contributed by atoms with Crippen molar-refractivity contribution in [2.45, 2.75) is 44.9 Å². The van der Waals surface area contributed by atoms with E-state index in [1.165, 1.54) is 19.3 Å². The normalized spacial score (nSPS) is 18.8. The number of aryl methyl sites for hydroxylation is 1. The van der Waals surface area contributed by atoms with E-state index in [1.807, 2.05) is 0 Å². The van der Waals surface area contributed by atoms with Crippen molar-refractivity contribution >= 4 is 11.7 Å². The van der Waals surface area contributed by atoms with Crippen LogP contribution in [0, 0.1) is 11.3 Å². The Kier molecular flexibility index (Phi) is 4.26. The summed E-state index contributed by atoms with van der Waals surface area (Å²) in [6.07, 6.45) is 7.81. The van der Waals surface area contributed by atoms with E-state index in [4.69, 9.17) is 0 Å². The Morgan fingerprint density at radius 3 is 2.71 bits per heavy atom. The van der Waals surface area contributed by atoms with Gasteiger partial charge in [-0.15, -0.1) is 0 Å². The van der Waals surface area contributed by atoms with Crippen LogP contribution in [0.15, 0.2) is 0 Å². The first-order valence-electron chi connectivity index (χ1n) is 7.94. The molecule has 1 amide bonds. The SMILES string of the molecule is N#Cc1c(NC(=O)CN2CCCCC2)[nH]c2c1CCCC2. The number of hydrogen-bond acceptors (Lipinski definition) is 3. The van der Waals surface area contributed by atoms with Crippen molar-refractivity contribution in [1.29, 1.82) is 5.26 Å². The van der Waals surface area contributed by atoms with Gasteiger partial charge < -0.3 is 10.3 Å². The molecule has 5 nitrogen and oxygen atoms in total. The van der Waals surface area contributed by atoms with Gasteiger partial charge in [0.25, 0.3) is 0 Å². The van der Waals surface area contributed by atoms with Gasteiger partial charge in [-0.25, -0.2) is 0 Å². The van der Waals surface area contributed by atoms with Crippen LogP contribution in [-0.4, -0.2) is 35.4 Å². The summed E-state index contributed by atoms with van der Waals surface area (Å²) < 4.78 is 0. The van der Waals surface area contributed by atoms with Crippen LogP contribution in [0.1, 0.15) is 48.9 Å². The van der Waals surface area contributed by atoms with Crippen LogP contribution in [0.2, 0.25) is 0 Å². The van der Waals surface area contributed by atoms with Crippen molar-refractivity contribution in [3.63, 3.8) is 0 Å². The molecular formula is C16H22N4O. The fraction of sp³-hybridized carbons (Fsp3) is 0.625. The van der Waals surface area contributed by atoms with Crippen molar-refractivity contribution in [2.24, 2.45) is 0 Å². The number of amides is 1. The van der Waals surface area contributed by atoms with E-state index in [-0.39, 0.29) is 5.91 Å². The summed E-state index contributed by atoms with van der Waals surface area (Å²) >= 11 is 0. The Bertz CT molecular complexity index is 564. The lowest BCUT2D eigenvalue weighted by Crippen LogP contribution is -2.37. The van der Waals surface area contributed by atoms with Gasteiger partial charge in [0.15, 0.2) is 0 Å².